The molecule has 1 rings (SSSR count). The van der Waals surface area contributed by atoms with Gasteiger partial charge in [0.25, 0.3) is 0 Å². The first-order valence-corrected chi connectivity index (χ1v) is 6.40. The molecule has 0 amide bonds. The normalized spacial score (nSPS) is 14.9. The summed E-state index contributed by atoms with van der Waals surface area (Å²) in [5.74, 6) is 0.659. The molecule has 0 aliphatic heterocycles. The van der Waals surface area contributed by atoms with Gasteiger partial charge < -0.3 is 0 Å². The van der Waals surface area contributed by atoms with Gasteiger partial charge in [0.05, 0.1) is 0 Å². The molecule has 0 radical (unpaired) electrons. The standard InChI is InChI=1S/C9H12.F6P.Fe/c1-8(2)9-6-4-3-5-7-9;1-7(2,3,4,5)6;/h3-8H,1-2H3;;/q;-1;. The molecule has 0 N–H and O–H groups in total. The van der Waals surface area contributed by atoms with Crippen LogP contribution in [-0.2, 0) is 17.1 Å². The predicted molar refractivity (Wildman–Crippen MR) is 54.1 cm³/mol. The minimum absolute atomic E-state index is 0. The molecule has 0 atom stereocenters. The van der Waals surface area contributed by atoms with Crippen molar-refractivity contribution in [1.29, 1.82) is 0 Å². The van der Waals surface area contributed by atoms with Gasteiger partial charge in [-0.05, 0) is 11.5 Å². The third-order valence-corrected chi connectivity index (χ3v) is 1.47. The Morgan fingerprint density at radius 3 is 1.29 bits per heavy atom. The van der Waals surface area contributed by atoms with Gasteiger partial charge in [0.1, 0.15) is 0 Å². The Labute approximate surface area is 106 Å². The van der Waals surface area contributed by atoms with Crippen LogP contribution in [0.2, 0.25) is 0 Å². The summed E-state index contributed by atoms with van der Waals surface area (Å²) in [5.41, 5.74) is 1.41. The molecule has 8 heteroatoms. The van der Waals surface area contributed by atoms with Crippen LogP contribution in [0.15, 0.2) is 30.3 Å². The molecule has 0 aliphatic rings. The molecule has 0 fully saturated rings. The Bertz CT molecular complexity index is 318. The second kappa shape index (κ2) is 5.17. The van der Waals surface area contributed by atoms with Crippen molar-refractivity contribution >= 4 is 7.81 Å². The van der Waals surface area contributed by atoms with E-state index in [1.165, 1.54) is 5.56 Å². The second-order valence-electron chi connectivity index (χ2n) is 3.52. The van der Waals surface area contributed by atoms with Gasteiger partial charge in [0, 0.05) is 17.1 Å². The van der Waals surface area contributed by atoms with Gasteiger partial charge in [-0.1, -0.05) is 44.2 Å². The predicted octanol–water partition coefficient (Wildman–Crippen LogP) is 6.19. The summed E-state index contributed by atoms with van der Waals surface area (Å²) in [6.07, 6.45) is 0. The fourth-order valence-electron chi connectivity index (χ4n) is 0.838. The van der Waals surface area contributed by atoms with Crippen molar-refractivity contribution in [2.45, 2.75) is 19.8 Å². The molecule has 0 aromatic heterocycles. The largest absolute Gasteiger partial charge is 0 e. The third-order valence-electron chi connectivity index (χ3n) is 1.47. The summed E-state index contributed by atoms with van der Waals surface area (Å²) in [5, 5.41) is 0. The van der Waals surface area contributed by atoms with Gasteiger partial charge in [0.15, 0.2) is 0 Å². The third kappa shape index (κ3) is 21.6. The van der Waals surface area contributed by atoms with Crippen LogP contribution in [-0.4, -0.2) is 0 Å². The van der Waals surface area contributed by atoms with E-state index in [2.05, 4.69) is 38.1 Å². The van der Waals surface area contributed by atoms with Crippen LogP contribution >= 0.6 is 7.81 Å². The van der Waals surface area contributed by atoms with E-state index in [1.807, 2.05) is 6.07 Å². The Morgan fingerprint density at radius 1 is 0.824 bits per heavy atom. The van der Waals surface area contributed by atoms with Crippen molar-refractivity contribution in [2.24, 2.45) is 0 Å². The van der Waals surface area contributed by atoms with Crippen LogP contribution in [0.3, 0.4) is 0 Å². The maximum atomic E-state index is 9.87. The second-order valence-corrected chi connectivity index (χ2v) is 5.44. The molecule has 0 saturated carbocycles. The summed E-state index contributed by atoms with van der Waals surface area (Å²) in [7, 11) is -10.7. The van der Waals surface area contributed by atoms with E-state index < -0.39 is 7.81 Å². The number of hydrogen-bond donors (Lipinski definition) is 0. The van der Waals surface area contributed by atoms with Crippen molar-refractivity contribution in [3.8, 4) is 0 Å². The summed E-state index contributed by atoms with van der Waals surface area (Å²) < 4.78 is 59.2. The smallest absolute Gasteiger partial charge is 0 e. The molecular weight excluding hydrogens is 309 g/mol. The van der Waals surface area contributed by atoms with E-state index in [0.717, 1.165) is 0 Å². The van der Waals surface area contributed by atoms with Crippen LogP contribution in [0.1, 0.15) is 25.3 Å². The van der Waals surface area contributed by atoms with Crippen molar-refractivity contribution in [3.05, 3.63) is 35.9 Å². The van der Waals surface area contributed by atoms with E-state index in [0.29, 0.717) is 5.92 Å². The van der Waals surface area contributed by atoms with Gasteiger partial charge in [0.2, 0.25) is 0 Å². The number of hydrogen-bond acceptors (Lipinski definition) is 0. The molecule has 0 unspecified atom stereocenters. The molecule has 0 saturated heterocycles. The molecule has 17 heavy (non-hydrogen) atoms. The minimum atomic E-state index is -10.7. The van der Waals surface area contributed by atoms with E-state index >= 15 is 0 Å². The molecule has 1 aromatic carbocycles. The Morgan fingerprint density at radius 2 is 1.12 bits per heavy atom. The maximum absolute atomic E-state index is 10.7. The number of halogens is 6. The van der Waals surface area contributed by atoms with Crippen molar-refractivity contribution in [1.82, 2.24) is 0 Å². The van der Waals surface area contributed by atoms with E-state index in [-0.39, 0.29) is 17.1 Å². The van der Waals surface area contributed by atoms with Crippen molar-refractivity contribution in [3.63, 3.8) is 0 Å². The summed E-state index contributed by atoms with van der Waals surface area (Å²) >= 11 is 0. The van der Waals surface area contributed by atoms with Gasteiger partial charge in [-0.3, -0.25) is 0 Å². The Hall–Kier alpha value is -0.251. The van der Waals surface area contributed by atoms with Gasteiger partial charge in [-0.15, -0.1) is 0 Å². The minimum Gasteiger partial charge on any atom is 0 e. The van der Waals surface area contributed by atoms with Crippen LogP contribution < -0.4 is 0 Å². The first kappa shape index (κ1) is 19.1. The number of benzene rings is 1. The molecule has 104 valence electrons. The first-order valence-electron chi connectivity index (χ1n) is 4.37. The summed E-state index contributed by atoms with van der Waals surface area (Å²) in [4.78, 5) is 0. The van der Waals surface area contributed by atoms with E-state index in [4.69, 9.17) is 0 Å². The first-order chi connectivity index (χ1) is 6.75. The van der Waals surface area contributed by atoms with E-state index in [1.54, 1.807) is 0 Å². The Balaban J connectivity index is 0. The SMILES string of the molecule is CC(C)c1ccccc1.F[P-](F)(F)(F)(F)F.[Fe]. The average molecular weight is 321 g/mol. The molecule has 0 nitrogen and oxygen atoms in total. The molecular formula is C9H12F6FeP-. The zero-order valence-corrected chi connectivity index (χ0v) is 11.0. The maximum Gasteiger partial charge on any atom is 0 e. The zero-order chi connectivity index (χ0) is 13.1. The molecule has 0 heterocycles. The van der Waals surface area contributed by atoms with Crippen LogP contribution in [0.5, 0.6) is 0 Å². The van der Waals surface area contributed by atoms with Crippen LogP contribution in [0.25, 0.3) is 0 Å². The fourth-order valence-corrected chi connectivity index (χ4v) is 0.838. The molecule has 0 aliphatic carbocycles. The fraction of sp³-hybridized carbons (Fsp3) is 0.333. The summed E-state index contributed by atoms with van der Waals surface area (Å²) in [6, 6.07) is 10.5. The van der Waals surface area contributed by atoms with Crippen LogP contribution in [0, 0.1) is 0 Å². The Kier molecular flexibility index (Phi) is 5.81. The van der Waals surface area contributed by atoms with E-state index in [9.17, 15) is 25.2 Å². The average Bonchev–Trinajstić information content (AvgIpc) is 2.00. The van der Waals surface area contributed by atoms with Crippen molar-refractivity contribution in [2.75, 3.05) is 0 Å². The van der Waals surface area contributed by atoms with Gasteiger partial charge in [-0.25, -0.2) is 0 Å². The molecule has 1 aromatic rings. The molecule has 0 spiro atoms. The zero-order valence-electron chi connectivity index (χ0n) is 9.03. The quantitative estimate of drug-likeness (QED) is 0.329. The van der Waals surface area contributed by atoms with Crippen LogP contribution in [0.4, 0.5) is 25.2 Å². The topological polar surface area (TPSA) is 0 Å². The summed E-state index contributed by atoms with van der Waals surface area (Å²) in [6.45, 7) is 4.41. The molecule has 0 bridgehead atoms. The number of rotatable bonds is 1. The van der Waals surface area contributed by atoms with Gasteiger partial charge >= 0.3 is 33.0 Å². The van der Waals surface area contributed by atoms with Gasteiger partial charge in [-0.2, -0.15) is 0 Å². The monoisotopic (exact) mass is 321 g/mol. The van der Waals surface area contributed by atoms with Crippen molar-refractivity contribution < 1.29 is 42.3 Å².